The van der Waals surface area contributed by atoms with Gasteiger partial charge < -0.3 is 10.2 Å². The molecular formula is C17H14ClNO2S. The molecule has 22 heavy (non-hydrogen) atoms. The fraction of sp³-hybridized carbons (Fsp3) is 0.118. The second-order valence-electron chi connectivity index (χ2n) is 5.00. The van der Waals surface area contributed by atoms with Gasteiger partial charge in [-0.3, -0.25) is 0 Å². The first-order valence-corrected chi connectivity index (χ1v) is 7.99. The van der Waals surface area contributed by atoms with Crippen molar-refractivity contribution < 1.29 is 10.2 Å². The maximum Gasteiger partial charge on any atom is 0.178 e. The lowest BCUT2D eigenvalue weighted by Crippen LogP contribution is -1.94. The van der Waals surface area contributed by atoms with Crippen LogP contribution in [0.25, 0.3) is 21.8 Å². The highest BCUT2D eigenvalue weighted by Gasteiger charge is 2.10. The van der Waals surface area contributed by atoms with E-state index in [0.717, 1.165) is 32.4 Å². The number of hydrogen-bond acceptors (Lipinski definition) is 4. The zero-order chi connectivity index (χ0) is 15.7. The molecule has 0 atom stereocenters. The Morgan fingerprint density at radius 2 is 1.91 bits per heavy atom. The van der Waals surface area contributed by atoms with Crippen molar-refractivity contribution in [3.63, 3.8) is 0 Å². The number of aromatic nitrogens is 1. The van der Waals surface area contributed by atoms with E-state index >= 15 is 0 Å². The van der Waals surface area contributed by atoms with Crippen LogP contribution in [0.2, 0.25) is 5.02 Å². The molecule has 0 spiro atoms. The van der Waals surface area contributed by atoms with Crippen LogP contribution in [0.15, 0.2) is 47.8 Å². The van der Waals surface area contributed by atoms with E-state index in [9.17, 15) is 10.2 Å². The van der Waals surface area contributed by atoms with Gasteiger partial charge in [0.05, 0.1) is 5.69 Å². The highest BCUT2D eigenvalue weighted by atomic mass is 35.5. The van der Waals surface area contributed by atoms with Crippen molar-refractivity contribution in [3.8, 4) is 21.8 Å². The third-order valence-corrected chi connectivity index (χ3v) is 4.70. The van der Waals surface area contributed by atoms with Crippen LogP contribution in [0.3, 0.4) is 0 Å². The van der Waals surface area contributed by atoms with E-state index in [1.165, 1.54) is 11.3 Å². The van der Waals surface area contributed by atoms with Crippen LogP contribution in [0.5, 0.6) is 0 Å². The van der Waals surface area contributed by atoms with E-state index in [4.69, 9.17) is 11.6 Å². The predicted octanol–water partition coefficient (Wildman–Crippen LogP) is 4.42. The van der Waals surface area contributed by atoms with E-state index < -0.39 is 6.29 Å². The van der Waals surface area contributed by atoms with Gasteiger partial charge in [0.15, 0.2) is 6.29 Å². The van der Waals surface area contributed by atoms with E-state index in [2.05, 4.69) is 4.98 Å². The molecule has 0 aliphatic rings. The third-order valence-electron chi connectivity index (χ3n) is 3.40. The maximum absolute atomic E-state index is 9.26. The van der Waals surface area contributed by atoms with E-state index in [1.54, 1.807) is 18.2 Å². The lowest BCUT2D eigenvalue weighted by Gasteiger charge is -2.05. The number of nitrogens with zero attached hydrogens (tertiary/aromatic N) is 1. The van der Waals surface area contributed by atoms with Gasteiger partial charge in [-0.2, -0.15) is 0 Å². The lowest BCUT2D eigenvalue weighted by molar-refractivity contribution is -0.0424. The van der Waals surface area contributed by atoms with Gasteiger partial charge in [0.1, 0.15) is 5.01 Å². The van der Waals surface area contributed by atoms with Gasteiger partial charge in [-0.25, -0.2) is 4.98 Å². The minimum absolute atomic E-state index is 0.452. The van der Waals surface area contributed by atoms with Gasteiger partial charge >= 0.3 is 0 Å². The minimum atomic E-state index is -1.48. The molecule has 0 amide bonds. The number of benzene rings is 2. The molecule has 5 heteroatoms. The van der Waals surface area contributed by atoms with Crippen LogP contribution in [0.4, 0.5) is 0 Å². The molecule has 2 N–H and O–H groups in total. The highest BCUT2D eigenvalue weighted by molar-refractivity contribution is 7.13. The van der Waals surface area contributed by atoms with Crippen molar-refractivity contribution in [2.45, 2.75) is 13.2 Å². The summed E-state index contributed by atoms with van der Waals surface area (Å²) in [5, 5.41) is 22.0. The summed E-state index contributed by atoms with van der Waals surface area (Å²) < 4.78 is 0. The first kappa shape index (κ1) is 15.2. The minimum Gasteiger partial charge on any atom is -0.364 e. The average molecular weight is 332 g/mol. The molecular weight excluding hydrogens is 318 g/mol. The standard InChI is InChI=1S/C17H14ClNO2S/c1-10-5-6-11(8-14(10)18)15-9-22-16(19-15)12-3-2-4-13(7-12)17(20)21/h2-9,17,20-21H,1H3. The van der Waals surface area contributed by atoms with Crippen LogP contribution in [0, 0.1) is 6.92 Å². The molecule has 0 unspecified atom stereocenters. The Morgan fingerprint density at radius 1 is 1.09 bits per heavy atom. The molecule has 0 saturated carbocycles. The molecule has 3 aromatic rings. The molecule has 112 valence electrons. The Balaban J connectivity index is 1.96. The Labute approximate surface area is 137 Å². The fourth-order valence-electron chi connectivity index (χ4n) is 2.12. The maximum atomic E-state index is 9.26. The fourth-order valence-corrected chi connectivity index (χ4v) is 3.13. The summed E-state index contributed by atoms with van der Waals surface area (Å²) in [4.78, 5) is 4.62. The number of rotatable bonds is 3. The summed E-state index contributed by atoms with van der Waals surface area (Å²) in [5.41, 5.74) is 4.17. The second kappa shape index (κ2) is 6.18. The number of aliphatic hydroxyl groups excluding tert-OH is 1. The summed E-state index contributed by atoms with van der Waals surface area (Å²) in [6, 6.07) is 13.0. The van der Waals surface area contributed by atoms with Crippen molar-refractivity contribution in [2.75, 3.05) is 0 Å². The summed E-state index contributed by atoms with van der Waals surface area (Å²) in [6.07, 6.45) is -1.48. The van der Waals surface area contributed by atoms with E-state index in [0.29, 0.717) is 5.56 Å². The average Bonchev–Trinajstić information content (AvgIpc) is 3.00. The molecule has 0 saturated heterocycles. The highest BCUT2D eigenvalue weighted by Crippen LogP contribution is 2.31. The van der Waals surface area contributed by atoms with Gasteiger partial charge in [0.2, 0.25) is 0 Å². The van der Waals surface area contributed by atoms with Crippen molar-refractivity contribution in [1.82, 2.24) is 4.98 Å². The molecule has 3 nitrogen and oxygen atoms in total. The Hall–Kier alpha value is -1.72. The van der Waals surface area contributed by atoms with E-state index in [1.807, 2.05) is 36.6 Å². The Morgan fingerprint density at radius 3 is 2.64 bits per heavy atom. The smallest absolute Gasteiger partial charge is 0.178 e. The third kappa shape index (κ3) is 3.05. The molecule has 0 fully saturated rings. The van der Waals surface area contributed by atoms with Crippen LogP contribution >= 0.6 is 22.9 Å². The van der Waals surface area contributed by atoms with Crippen molar-refractivity contribution in [1.29, 1.82) is 0 Å². The normalized spacial score (nSPS) is 11.1. The van der Waals surface area contributed by atoms with Crippen molar-refractivity contribution >= 4 is 22.9 Å². The summed E-state index contributed by atoms with van der Waals surface area (Å²) in [6.45, 7) is 1.96. The largest absolute Gasteiger partial charge is 0.364 e. The molecule has 0 radical (unpaired) electrons. The van der Waals surface area contributed by atoms with Crippen LogP contribution in [-0.2, 0) is 0 Å². The molecule has 0 bridgehead atoms. The SMILES string of the molecule is Cc1ccc(-c2csc(-c3cccc(C(O)O)c3)n2)cc1Cl. The zero-order valence-electron chi connectivity index (χ0n) is 11.8. The van der Waals surface area contributed by atoms with E-state index in [-0.39, 0.29) is 0 Å². The predicted molar refractivity (Wildman–Crippen MR) is 89.9 cm³/mol. The van der Waals surface area contributed by atoms with Crippen LogP contribution in [0.1, 0.15) is 17.4 Å². The van der Waals surface area contributed by atoms with Gasteiger partial charge in [-0.1, -0.05) is 41.9 Å². The molecule has 3 rings (SSSR count). The molecule has 1 heterocycles. The van der Waals surface area contributed by atoms with Crippen LogP contribution in [-0.4, -0.2) is 15.2 Å². The molecule has 0 aliphatic heterocycles. The summed E-state index contributed by atoms with van der Waals surface area (Å²) in [5.74, 6) is 0. The van der Waals surface area contributed by atoms with Gasteiger partial charge in [0.25, 0.3) is 0 Å². The van der Waals surface area contributed by atoms with Crippen molar-refractivity contribution in [3.05, 3.63) is 64.0 Å². The first-order chi connectivity index (χ1) is 10.5. The second-order valence-corrected chi connectivity index (χ2v) is 6.27. The molecule has 1 aromatic heterocycles. The number of thiazole rings is 1. The monoisotopic (exact) mass is 331 g/mol. The lowest BCUT2D eigenvalue weighted by atomic mass is 10.1. The summed E-state index contributed by atoms with van der Waals surface area (Å²) >= 11 is 7.67. The number of hydrogen-bond donors (Lipinski definition) is 2. The number of aryl methyl sites for hydroxylation is 1. The van der Waals surface area contributed by atoms with Crippen LogP contribution < -0.4 is 0 Å². The topological polar surface area (TPSA) is 53.4 Å². The molecule has 0 aliphatic carbocycles. The Bertz CT molecular complexity index is 814. The van der Waals surface area contributed by atoms with Gasteiger partial charge in [-0.05, 0) is 24.6 Å². The quantitative estimate of drug-likeness (QED) is 0.698. The number of halogens is 1. The van der Waals surface area contributed by atoms with Gasteiger partial charge in [0, 0.05) is 27.1 Å². The Kier molecular flexibility index (Phi) is 4.27. The summed E-state index contributed by atoms with van der Waals surface area (Å²) in [7, 11) is 0. The number of aliphatic hydroxyl groups is 2. The molecule has 2 aromatic carbocycles. The first-order valence-electron chi connectivity index (χ1n) is 6.73. The van der Waals surface area contributed by atoms with Gasteiger partial charge in [-0.15, -0.1) is 11.3 Å². The van der Waals surface area contributed by atoms with Crippen molar-refractivity contribution in [2.24, 2.45) is 0 Å². The zero-order valence-corrected chi connectivity index (χ0v) is 13.4.